The van der Waals surface area contributed by atoms with Crippen LogP contribution in [0.25, 0.3) is 27.7 Å². The second-order valence-corrected chi connectivity index (χ2v) is 9.07. The Morgan fingerprint density at radius 1 is 1.26 bits per heavy atom. The predicted octanol–water partition coefficient (Wildman–Crippen LogP) is 2.46. The molecule has 1 amide bonds. The summed E-state index contributed by atoms with van der Waals surface area (Å²) >= 11 is 0. The van der Waals surface area contributed by atoms with Crippen molar-refractivity contribution in [3.8, 4) is 11.1 Å². The Kier molecular flexibility index (Phi) is 5.84. The van der Waals surface area contributed by atoms with E-state index in [0.29, 0.717) is 59.3 Å². The van der Waals surface area contributed by atoms with Crippen molar-refractivity contribution in [2.75, 3.05) is 18.8 Å². The molecular weight excluding hydrogens is 446 g/mol. The molecule has 1 aliphatic rings. The number of rotatable bonds is 4. The maximum absolute atomic E-state index is 13.8. The van der Waals surface area contributed by atoms with Crippen LogP contribution in [-0.4, -0.2) is 67.6 Å². The van der Waals surface area contributed by atoms with Crippen LogP contribution in [0.15, 0.2) is 36.7 Å². The first-order chi connectivity index (χ1) is 16.7. The van der Waals surface area contributed by atoms with Crippen molar-refractivity contribution in [3.63, 3.8) is 0 Å². The van der Waals surface area contributed by atoms with Crippen LogP contribution in [0.4, 0.5) is 10.2 Å². The van der Waals surface area contributed by atoms with E-state index < -0.39 is 6.10 Å². The van der Waals surface area contributed by atoms with E-state index in [-0.39, 0.29) is 17.6 Å². The molecule has 0 unspecified atom stereocenters. The van der Waals surface area contributed by atoms with Crippen molar-refractivity contribution >= 4 is 41.2 Å². The quantitative estimate of drug-likeness (QED) is 0.443. The van der Waals surface area contributed by atoms with Gasteiger partial charge >= 0.3 is 202 Å². The Balaban J connectivity index is 1.59. The van der Waals surface area contributed by atoms with Crippen molar-refractivity contribution in [2.45, 2.75) is 38.7 Å². The van der Waals surface area contributed by atoms with Crippen LogP contribution < -0.4 is 5.73 Å². The fourth-order valence-corrected chi connectivity index (χ4v) is 4.82. The normalized spacial score (nSPS) is 15.6. The third-order valence-electron chi connectivity index (χ3n) is 6.61. The van der Waals surface area contributed by atoms with Gasteiger partial charge in [0.05, 0.1) is 0 Å². The molecule has 177 valence electrons. The first-order valence-electron chi connectivity index (χ1n) is 11.5. The number of hydrogen-bond acceptors (Lipinski definition) is 6. The number of anilines is 1. The molecule has 1 atom stereocenters. The minimum atomic E-state index is -1.02. The van der Waals surface area contributed by atoms with Gasteiger partial charge in [-0.25, -0.2) is 0 Å². The number of likely N-dealkylation sites (tertiary alicyclic amines) is 1. The molecule has 10 heteroatoms. The number of piperidine rings is 1. The Morgan fingerprint density at radius 2 is 2.00 bits per heavy atom. The van der Waals surface area contributed by atoms with Crippen molar-refractivity contribution < 1.29 is 14.3 Å². The third-order valence-corrected chi connectivity index (χ3v) is 6.61. The predicted molar refractivity (Wildman–Crippen MR) is 134 cm³/mol. The van der Waals surface area contributed by atoms with E-state index in [4.69, 9.17) is 18.2 Å². The van der Waals surface area contributed by atoms with Gasteiger partial charge in [-0.1, -0.05) is 0 Å². The number of fused-ring (bicyclic) bond motifs is 2. The van der Waals surface area contributed by atoms with Gasteiger partial charge in [0.25, 0.3) is 0 Å². The van der Waals surface area contributed by atoms with E-state index in [1.165, 1.54) is 19.1 Å². The molecule has 4 heterocycles. The first-order valence-corrected chi connectivity index (χ1v) is 11.5. The molecule has 0 bridgehead atoms. The molecule has 4 aromatic rings. The number of nitrogens with two attached hydrogens (primary N) is 1. The summed E-state index contributed by atoms with van der Waals surface area (Å²) in [6.45, 7) is 4.28. The summed E-state index contributed by atoms with van der Waals surface area (Å²) in [5, 5.41) is 14.8. The Morgan fingerprint density at radius 3 is 2.69 bits per heavy atom. The van der Waals surface area contributed by atoms with E-state index in [1.807, 2.05) is 6.07 Å². The molecule has 1 aliphatic heterocycles. The van der Waals surface area contributed by atoms with Gasteiger partial charge in [0.15, 0.2) is 0 Å². The number of aliphatic hydroxyl groups excluding tert-OH is 1. The van der Waals surface area contributed by atoms with Gasteiger partial charge in [0.1, 0.15) is 0 Å². The van der Waals surface area contributed by atoms with Gasteiger partial charge in [-0.05, 0) is 0 Å². The number of aromatic nitrogens is 4. The molecule has 8 nitrogen and oxygen atoms in total. The number of nitrogens with zero attached hydrogens (tertiary/aromatic N) is 5. The van der Waals surface area contributed by atoms with Gasteiger partial charge in [-0.15, -0.1) is 0 Å². The van der Waals surface area contributed by atoms with E-state index in [2.05, 4.69) is 10.1 Å². The number of aliphatic hydroxyl groups is 1. The zero-order valence-corrected chi connectivity index (χ0v) is 19.6. The Bertz CT molecular complexity index is 1480. The number of hydrogen-bond donors (Lipinski definition) is 2. The number of nitrogen functional groups attached to an aromatic ring is 1. The first kappa shape index (κ1) is 23.1. The van der Waals surface area contributed by atoms with E-state index in [1.54, 1.807) is 34.8 Å². The molecule has 3 N–H and O–H groups in total. The van der Waals surface area contributed by atoms with E-state index in [0.717, 1.165) is 16.8 Å². The molecule has 3 aromatic heterocycles. The molecular formula is C25H25BFN6O2. The summed E-state index contributed by atoms with van der Waals surface area (Å²) in [7, 11) is 6.24. The average molecular weight is 471 g/mol. The van der Waals surface area contributed by atoms with Gasteiger partial charge in [0.2, 0.25) is 0 Å². The van der Waals surface area contributed by atoms with E-state index in [9.17, 15) is 14.3 Å². The van der Waals surface area contributed by atoms with Crippen LogP contribution in [0.5, 0.6) is 0 Å². The molecule has 1 aromatic carbocycles. The number of pyridine rings is 1. The van der Waals surface area contributed by atoms with Crippen LogP contribution >= 0.6 is 0 Å². The van der Waals surface area contributed by atoms with Crippen LogP contribution in [0.1, 0.15) is 43.9 Å². The molecule has 5 rings (SSSR count). The number of amides is 1. The number of halogens is 1. The average Bonchev–Trinajstić information content (AvgIpc) is 3.27. The van der Waals surface area contributed by atoms with Gasteiger partial charge in [0, 0.05) is 0 Å². The second-order valence-electron chi connectivity index (χ2n) is 9.07. The fourth-order valence-electron chi connectivity index (χ4n) is 4.82. The second kappa shape index (κ2) is 8.85. The van der Waals surface area contributed by atoms with Crippen molar-refractivity contribution in [1.82, 2.24) is 24.5 Å². The minimum absolute atomic E-state index is 0.0282. The summed E-state index contributed by atoms with van der Waals surface area (Å²) in [4.78, 5) is 23.3. The molecule has 0 aliphatic carbocycles. The fraction of sp³-hybridized carbons (Fsp3) is 0.320. The molecule has 1 fully saturated rings. The molecule has 35 heavy (non-hydrogen) atoms. The molecule has 1 saturated heterocycles. The van der Waals surface area contributed by atoms with Crippen LogP contribution in [-0.2, 0) is 4.79 Å². The van der Waals surface area contributed by atoms with E-state index >= 15 is 0 Å². The summed E-state index contributed by atoms with van der Waals surface area (Å²) in [6.07, 6.45) is 3.70. The van der Waals surface area contributed by atoms with Crippen LogP contribution in [0, 0.1) is 5.82 Å². The number of benzene rings is 1. The van der Waals surface area contributed by atoms with Crippen molar-refractivity contribution in [3.05, 3.63) is 53.7 Å². The van der Waals surface area contributed by atoms with Gasteiger partial charge in [-0.3, -0.25) is 0 Å². The van der Waals surface area contributed by atoms with Crippen molar-refractivity contribution in [2.24, 2.45) is 0 Å². The van der Waals surface area contributed by atoms with Crippen molar-refractivity contribution in [1.29, 1.82) is 0 Å². The molecule has 0 spiro atoms. The number of carbonyl (C=O) groups excluding carboxylic acids is 1. The maximum atomic E-state index is 13.8. The summed E-state index contributed by atoms with van der Waals surface area (Å²) < 4.78 is 15.4. The molecule has 1 radical (unpaired) electrons. The zero-order valence-electron chi connectivity index (χ0n) is 19.6. The van der Waals surface area contributed by atoms with Gasteiger partial charge < -0.3 is 0 Å². The van der Waals surface area contributed by atoms with Crippen LogP contribution in [0.3, 0.4) is 0 Å². The number of carbonyl (C=O) groups is 1. The SMILES string of the molecule is [B]=C(C)c1c(C2CCN(C(=O)[C@@H](C)O)CC2)nc2c(-c3cnc4ccc(F)cc4c3)cnn2c1N. The summed E-state index contributed by atoms with van der Waals surface area (Å²) in [6, 6.07) is 6.32. The topological polar surface area (TPSA) is 110 Å². The Hall–Kier alpha value is -3.66. The molecule has 0 saturated carbocycles. The summed E-state index contributed by atoms with van der Waals surface area (Å²) in [5.74, 6) is -0.189. The monoisotopic (exact) mass is 471 g/mol. The standard InChI is InChI=1S/C25H25BFN6O2/c1-13(26)21-22(15-5-7-32(8-6-15)25(35)14(2)34)31-24-19(12-30-33(24)23(21)28)17-9-16-10-18(27)3-4-20(16)29-11-17/h3-4,9-12,14-15,34H,5-8,28H2,1-2H3/t14-/m1/s1. The summed E-state index contributed by atoms with van der Waals surface area (Å²) in [5.41, 5.74) is 11.2. The zero-order chi connectivity index (χ0) is 24.9. The third kappa shape index (κ3) is 4.08. The van der Waals surface area contributed by atoms with Gasteiger partial charge in [-0.2, -0.15) is 0 Å². The Labute approximate surface area is 202 Å². The van der Waals surface area contributed by atoms with Crippen LogP contribution in [0.2, 0.25) is 0 Å².